The Morgan fingerprint density at radius 2 is 0.861 bits per heavy atom. The van der Waals surface area contributed by atoms with Crippen molar-refractivity contribution in [2.75, 3.05) is 0 Å². The van der Waals surface area contributed by atoms with Crippen LogP contribution in [0.3, 0.4) is 0 Å². The largest absolute Gasteiger partial charge is 1.00 e. The zero-order valence-corrected chi connectivity index (χ0v) is 51.3. The fourth-order valence-corrected chi connectivity index (χ4v) is 13.0. The van der Waals surface area contributed by atoms with Gasteiger partial charge in [0, 0.05) is 14.3 Å². The summed E-state index contributed by atoms with van der Waals surface area (Å²) in [6.07, 6.45) is 4.04. The maximum Gasteiger partial charge on any atom is 1.00 e. The van der Waals surface area contributed by atoms with E-state index in [4.69, 9.17) is 45.0 Å². The minimum absolute atomic E-state index is 0. The van der Waals surface area contributed by atoms with Crippen LogP contribution in [-0.2, 0) is 33.2 Å². The van der Waals surface area contributed by atoms with Gasteiger partial charge in [-0.15, -0.1) is 0 Å². The first-order valence-electron chi connectivity index (χ1n) is 28.6. The molecule has 0 aromatic heterocycles. The topological polar surface area (TPSA) is 169 Å². The van der Waals surface area contributed by atoms with Gasteiger partial charge in [-0.25, -0.2) is 0 Å². The van der Waals surface area contributed by atoms with E-state index in [2.05, 4.69) is 111 Å². The molecule has 0 spiro atoms. The van der Waals surface area contributed by atoms with Crippen LogP contribution >= 0.6 is 0 Å². The van der Waals surface area contributed by atoms with E-state index in [1.165, 1.54) is 0 Å². The number of aliphatic hydroxyl groups is 4. The quantitative estimate of drug-likeness (QED) is 0.0779. The second kappa shape index (κ2) is 32.9. The number of hydrogen-bond acceptors (Lipinski definition) is 12. The molecule has 5 aliphatic heterocycles. The molecule has 72 heavy (non-hydrogen) atoms. The van der Waals surface area contributed by atoms with Gasteiger partial charge in [0.2, 0.25) is 0 Å². The minimum Gasteiger partial charge on any atom is -0.512 e. The molecule has 0 aromatic carbocycles. The molecule has 0 amide bonds. The molecule has 29 unspecified atom stereocenters. The molecule has 5 aliphatic rings. The van der Waals surface area contributed by atoms with E-state index < -0.39 is 37.2 Å². The van der Waals surface area contributed by atoms with E-state index in [1.807, 2.05) is 20.8 Å². The van der Waals surface area contributed by atoms with E-state index in [1.54, 1.807) is 0 Å². The number of nitrogens with zero attached hydrogens (tertiary/aromatic N) is 1. The van der Waals surface area contributed by atoms with Crippen LogP contribution in [0.25, 0.3) is 0 Å². The van der Waals surface area contributed by atoms with Gasteiger partial charge < -0.3 is 65.4 Å². The summed E-state index contributed by atoms with van der Waals surface area (Å²) >= 11 is 0. The molecule has 0 aliphatic carbocycles. The summed E-state index contributed by atoms with van der Waals surface area (Å²) in [7, 11) is 0. The fourth-order valence-electron chi connectivity index (χ4n) is 13.0. The van der Waals surface area contributed by atoms with Crippen molar-refractivity contribution in [3.63, 3.8) is 0 Å². The third-order valence-electron chi connectivity index (χ3n) is 19.9. The van der Waals surface area contributed by atoms with Crippen LogP contribution in [0.1, 0.15) is 189 Å². The number of rotatable bonds is 18. The van der Waals surface area contributed by atoms with E-state index in [0.29, 0.717) is 60.1 Å². The van der Waals surface area contributed by atoms with E-state index in [0.717, 1.165) is 51.4 Å². The SMILES string of the molecule is CCC(C)C(C)C(OC1OC(CC)C(CC2OC(CC)C(C)C(C)C2C)C(C)C1O)C(O)CC.CCC1OC(CC2C(CC)OC(OC3C(CC)OC(O)C(C)C3C)C(O)C2C)C(C)C(C)C1C.[B].[C-]#N.[Na+]. The van der Waals surface area contributed by atoms with Gasteiger partial charge in [0.15, 0.2) is 18.9 Å². The summed E-state index contributed by atoms with van der Waals surface area (Å²) in [5, 5.41) is 49.9. The minimum atomic E-state index is -0.779. The van der Waals surface area contributed by atoms with Gasteiger partial charge in [-0.1, -0.05) is 138 Å². The van der Waals surface area contributed by atoms with Crippen LogP contribution in [0.5, 0.6) is 0 Å². The fraction of sp³-hybridized carbons (Fsp3) is 0.983. The van der Waals surface area contributed by atoms with Gasteiger partial charge in [0.1, 0.15) is 12.2 Å². The maximum atomic E-state index is 11.3. The maximum absolute atomic E-state index is 11.3. The zero-order valence-electron chi connectivity index (χ0n) is 49.3. The molecule has 0 saturated carbocycles. The first-order valence-corrected chi connectivity index (χ1v) is 28.6. The molecule has 5 heterocycles. The van der Waals surface area contributed by atoms with E-state index >= 15 is 0 Å². The van der Waals surface area contributed by atoms with Crippen molar-refractivity contribution in [3.8, 4) is 0 Å². The van der Waals surface area contributed by atoms with Gasteiger partial charge in [0.05, 0.1) is 61.0 Å². The normalized spacial score (nSPS) is 45.0. The molecule has 4 N–H and O–H groups in total. The second-order valence-corrected chi connectivity index (χ2v) is 23.4. The summed E-state index contributed by atoms with van der Waals surface area (Å²) in [6.45, 7) is 46.4. The molecule has 12 nitrogen and oxygen atoms in total. The van der Waals surface area contributed by atoms with Crippen molar-refractivity contribution in [1.29, 1.82) is 5.26 Å². The first-order chi connectivity index (χ1) is 33.1. The van der Waals surface area contributed by atoms with Crippen LogP contribution < -0.4 is 29.6 Å². The van der Waals surface area contributed by atoms with Gasteiger partial charge in [-0.3, -0.25) is 0 Å². The van der Waals surface area contributed by atoms with Crippen molar-refractivity contribution in [2.45, 2.75) is 281 Å². The van der Waals surface area contributed by atoms with E-state index in [9.17, 15) is 20.4 Å². The van der Waals surface area contributed by atoms with Gasteiger partial charge in [-0.05, 0) is 128 Å². The predicted molar refractivity (Wildman–Crippen MR) is 282 cm³/mol. The smallest absolute Gasteiger partial charge is 0.512 e. The van der Waals surface area contributed by atoms with Crippen LogP contribution in [0.15, 0.2) is 0 Å². The number of aliphatic hydroxyl groups excluding tert-OH is 4. The van der Waals surface area contributed by atoms with Gasteiger partial charge in [-0.2, -0.15) is 0 Å². The zero-order chi connectivity index (χ0) is 53.1. The average Bonchev–Trinajstić information content (AvgIpc) is 3.37. The Hall–Kier alpha value is 0.115. The number of ether oxygens (including phenoxy) is 7. The molecule has 14 heteroatoms. The Morgan fingerprint density at radius 3 is 1.25 bits per heavy atom. The Labute approximate surface area is 465 Å². The van der Waals surface area contributed by atoms with Crippen molar-refractivity contribution in [1.82, 2.24) is 0 Å². The monoisotopic (exact) mass is 1030 g/mol. The molecule has 5 fully saturated rings. The first kappa shape index (κ1) is 70.1. The van der Waals surface area contributed by atoms with Crippen molar-refractivity contribution < 1.29 is 83.1 Å². The van der Waals surface area contributed by atoms with Crippen LogP contribution in [0.2, 0.25) is 0 Å². The summed E-state index contributed by atoms with van der Waals surface area (Å²) in [5.74, 6) is 4.47. The summed E-state index contributed by atoms with van der Waals surface area (Å²) in [5.41, 5.74) is 0. The molecule has 415 valence electrons. The summed E-state index contributed by atoms with van der Waals surface area (Å²) < 4.78 is 44.9. The second-order valence-electron chi connectivity index (χ2n) is 23.4. The molecule has 5 saturated heterocycles. The molecule has 3 radical (unpaired) electrons. The van der Waals surface area contributed by atoms with Crippen LogP contribution in [0, 0.1) is 94.7 Å². The van der Waals surface area contributed by atoms with Crippen LogP contribution in [-0.4, -0.2) is 121 Å². The molecule has 5 rings (SSSR count). The molecule has 0 bridgehead atoms. The van der Waals surface area contributed by atoms with Gasteiger partial charge in [0.25, 0.3) is 0 Å². The Bertz CT molecular complexity index is 1400. The number of hydrogen-bond donors (Lipinski definition) is 4. The molecule has 29 atom stereocenters. The van der Waals surface area contributed by atoms with Crippen LogP contribution in [0.4, 0.5) is 0 Å². The molecule has 0 aromatic rings. The summed E-state index contributed by atoms with van der Waals surface area (Å²) in [4.78, 5) is 0. The third kappa shape index (κ3) is 16.6. The Balaban J connectivity index is 0.000000678. The van der Waals surface area contributed by atoms with E-state index in [-0.39, 0.29) is 122 Å². The third-order valence-corrected chi connectivity index (χ3v) is 19.9. The van der Waals surface area contributed by atoms with Crippen molar-refractivity contribution in [2.24, 2.45) is 82.9 Å². The van der Waals surface area contributed by atoms with Crippen molar-refractivity contribution >= 4 is 8.41 Å². The molecular weight excluding hydrogens is 920 g/mol. The Morgan fingerprint density at radius 1 is 0.472 bits per heavy atom. The summed E-state index contributed by atoms with van der Waals surface area (Å²) in [6, 6.07) is 0. The predicted octanol–water partition coefficient (Wildman–Crippen LogP) is 7.76. The molecular formula is C58H108BNNaO11. The average molecular weight is 1030 g/mol. The van der Waals surface area contributed by atoms with Gasteiger partial charge >= 0.3 is 29.6 Å². The van der Waals surface area contributed by atoms with Crippen molar-refractivity contribution in [3.05, 3.63) is 6.57 Å². The standard InChI is InChI=1S/C29H56O5.C28H52O6.CN.B.Na/c1-11-16(5)17(6)28(23(30)12-2)34-29-27(31)21(10)22(25(14-4)33-29)15-26-20(9)18(7)19(8)24(13-3)32-26;1-10-21-15(5)14(4)16(6)24(31-21)13-20-19(9)25(29)28(33-22(20)11-2)34-26-17(7)18(8)27(30)32-23(26)12-3;1-2;;/h16-31H,11-15H2,1-10H3;14-30H,10-13H2,1-9H3;;;/q;;-1;;+1. The Kier molecular flexibility index (Phi) is 32.0.